The highest BCUT2D eigenvalue weighted by atomic mass is 16.2. The lowest BCUT2D eigenvalue weighted by atomic mass is 10.2. The summed E-state index contributed by atoms with van der Waals surface area (Å²) in [4.78, 5) is 32.4. The van der Waals surface area contributed by atoms with Crippen LogP contribution in [0.1, 0.15) is 13.8 Å². The van der Waals surface area contributed by atoms with Crippen LogP contribution in [0.2, 0.25) is 0 Å². The van der Waals surface area contributed by atoms with Crippen molar-refractivity contribution in [3.8, 4) is 0 Å². The highest BCUT2D eigenvalue weighted by Gasteiger charge is 2.24. The average molecular weight is 334 g/mol. The Hall–Kier alpha value is -1.66. The van der Waals surface area contributed by atoms with Crippen molar-refractivity contribution in [2.75, 3.05) is 65.4 Å². The van der Waals surface area contributed by atoms with Crippen molar-refractivity contribution in [3.63, 3.8) is 0 Å². The molecule has 2 aliphatic heterocycles. The van der Waals surface area contributed by atoms with Crippen LogP contribution in [0.3, 0.4) is 0 Å². The lowest BCUT2D eigenvalue weighted by molar-refractivity contribution is -0.130. The minimum atomic E-state index is 0.0768. The van der Waals surface area contributed by atoms with Crippen LogP contribution < -0.4 is 0 Å². The highest BCUT2D eigenvalue weighted by Crippen LogP contribution is 2.08. The van der Waals surface area contributed by atoms with Crippen molar-refractivity contribution in [2.24, 2.45) is 0 Å². The second-order valence-electron chi connectivity index (χ2n) is 6.83. The van der Waals surface area contributed by atoms with Gasteiger partial charge in [-0.15, -0.1) is 0 Å². The van der Waals surface area contributed by atoms with Crippen molar-refractivity contribution in [1.82, 2.24) is 19.6 Å². The monoisotopic (exact) mass is 334 g/mol. The number of hydrogen-bond acceptors (Lipinski definition) is 4. The number of carbonyl (C=O) groups excluding carboxylic acids is 2. The van der Waals surface area contributed by atoms with Crippen LogP contribution in [0, 0.1) is 0 Å². The molecule has 0 aromatic carbocycles. The standard InChI is InChI=1S/C18H30N4O2/c1-15(2)17(23)21-11-7-19(8-12-21)5-6-20-9-13-22(14-10-20)18(24)16(3)4/h1,3,5-14H2,2,4H3. The van der Waals surface area contributed by atoms with Crippen LogP contribution in [-0.2, 0) is 9.59 Å². The van der Waals surface area contributed by atoms with E-state index in [0.29, 0.717) is 11.1 Å². The second kappa shape index (κ2) is 8.44. The zero-order chi connectivity index (χ0) is 17.7. The van der Waals surface area contributed by atoms with Gasteiger partial charge in [0, 0.05) is 76.6 Å². The molecule has 2 aliphatic rings. The number of amides is 2. The van der Waals surface area contributed by atoms with E-state index in [1.165, 1.54) is 0 Å². The SMILES string of the molecule is C=C(C)C(=O)N1CCN(CCN2CCN(C(=O)C(=C)C)CC2)CC1. The second-order valence-corrected chi connectivity index (χ2v) is 6.83. The molecule has 0 aromatic rings. The van der Waals surface area contributed by atoms with Gasteiger partial charge in [0.2, 0.25) is 11.8 Å². The van der Waals surface area contributed by atoms with E-state index in [1.807, 2.05) is 9.80 Å². The topological polar surface area (TPSA) is 47.1 Å². The Morgan fingerprint density at radius 2 is 0.958 bits per heavy atom. The number of hydrogen-bond donors (Lipinski definition) is 0. The third-order valence-electron chi connectivity index (χ3n) is 4.78. The summed E-state index contributed by atoms with van der Waals surface area (Å²) in [5.41, 5.74) is 1.23. The van der Waals surface area contributed by atoms with E-state index in [9.17, 15) is 9.59 Å². The molecule has 0 aliphatic carbocycles. The van der Waals surface area contributed by atoms with Gasteiger partial charge in [-0.05, 0) is 13.8 Å². The zero-order valence-corrected chi connectivity index (χ0v) is 15.1. The summed E-state index contributed by atoms with van der Waals surface area (Å²) in [6, 6.07) is 0. The molecule has 0 saturated carbocycles. The summed E-state index contributed by atoms with van der Waals surface area (Å²) < 4.78 is 0. The molecule has 0 atom stereocenters. The first-order chi connectivity index (χ1) is 11.4. The van der Waals surface area contributed by atoms with E-state index < -0.39 is 0 Å². The molecular weight excluding hydrogens is 304 g/mol. The van der Waals surface area contributed by atoms with E-state index in [-0.39, 0.29) is 11.8 Å². The van der Waals surface area contributed by atoms with Crippen molar-refractivity contribution in [2.45, 2.75) is 13.8 Å². The molecule has 0 aromatic heterocycles. The molecule has 2 heterocycles. The van der Waals surface area contributed by atoms with Gasteiger partial charge in [0.05, 0.1) is 0 Å². The Labute approximate surface area is 145 Å². The molecule has 134 valence electrons. The van der Waals surface area contributed by atoms with Gasteiger partial charge in [0.1, 0.15) is 0 Å². The summed E-state index contributed by atoms with van der Waals surface area (Å²) in [5, 5.41) is 0. The van der Waals surface area contributed by atoms with Gasteiger partial charge < -0.3 is 9.80 Å². The fraction of sp³-hybridized carbons (Fsp3) is 0.667. The van der Waals surface area contributed by atoms with Gasteiger partial charge >= 0.3 is 0 Å². The van der Waals surface area contributed by atoms with Gasteiger partial charge in [0.15, 0.2) is 0 Å². The predicted octanol–water partition coefficient (Wildman–Crippen LogP) is 0.427. The maximum atomic E-state index is 11.9. The van der Waals surface area contributed by atoms with Crippen molar-refractivity contribution < 1.29 is 9.59 Å². The minimum absolute atomic E-state index is 0.0768. The number of carbonyl (C=O) groups is 2. The molecule has 0 spiro atoms. The van der Waals surface area contributed by atoms with Crippen LogP contribution in [0.25, 0.3) is 0 Å². The smallest absolute Gasteiger partial charge is 0.248 e. The predicted molar refractivity (Wildman–Crippen MR) is 95.7 cm³/mol. The van der Waals surface area contributed by atoms with Crippen LogP contribution >= 0.6 is 0 Å². The summed E-state index contributed by atoms with van der Waals surface area (Å²) in [7, 11) is 0. The Kier molecular flexibility index (Phi) is 6.57. The van der Waals surface area contributed by atoms with E-state index in [0.717, 1.165) is 65.4 Å². The van der Waals surface area contributed by atoms with Crippen LogP contribution in [0.5, 0.6) is 0 Å². The number of piperazine rings is 2. The number of rotatable bonds is 5. The molecule has 24 heavy (non-hydrogen) atoms. The van der Waals surface area contributed by atoms with Gasteiger partial charge in [-0.3, -0.25) is 19.4 Å². The third kappa shape index (κ3) is 4.92. The lowest BCUT2D eigenvalue weighted by Gasteiger charge is -2.38. The third-order valence-corrected chi connectivity index (χ3v) is 4.78. The minimum Gasteiger partial charge on any atom is -0.336 e. The Bertz CT molecular complexity index is 455. The number of nitrogens with zero attached hydrogens (tertiary/aromatic N) is 4. The Morgan fingerprint density at radius 3 is 1.21 bits per heavy atom. The maximum absolute atomic E-state index is 11.9. The van der Waals surface area contributed by atoms with Gasteiger partial charge in [0.25, 0.3) is 0 Å². The lowest BCUT2D eigenvalue weighted by Crippen LogP contribution is -2.53. The maximum Gasteiger partial charge on any atom is 0.248 e. The first kappa shape index (κ1) is 18.7. The van der Waals surface area contributed by atoms with Crippen molar-refractivity contribution in [1.29, 1.82) is 0 Å². The van der Waals surface area contributed by atoms with Crippen LogP contribution in [0.4, 0.5) is 0 Å². The molecule has 0 radical (unpaired) electrons. The van der Waals surface area contributed by atoms with Crippen LogP contribution in [-0.4, -0.2) is 96.9 Å². The van der Waals surface area contributed by atoms with E-state index in [2.05, 4.69) is 23.0 Å². The molecule has 2 fully saturated rings. The molecular formula is C18H30N4O2. The highest BCUT2D eigenvalue weighted by molar-refractivity contribution is 5.92. The largest absolute Gasteiger partial charge is 0.336 e. The first-order valence-corrected chi connectivity index (χ1v) is 8.72. The van der Waals surface area contributed by atoms with E-state index >= 15 is 0 Å². The van der Waals surface area contributed by atoms with E-state index in [1.54, 1.807) is 13.8 Å². The van der Waals surface area contributed by atoms with E-state index in [4.69, 9.17) is 0 Å². The fourth-order valence-corrected chi connectivity index (χ4v) is 3.17. The Balaban J connectivity index is 1.65. The molecule has 0 N–H and O–H groups in total. The quantitative estimate of drug-likeness (QED) is 0.684. The molecule has 2 amide bonds. The summed E-state index contributed by atoms with van der Waals surface area (Å²) in [6.07, 6.45) is 0. The Morgan fingerprint density at radius 1 is 0.667 bits per heavy atom. The average Bonchev–Trinajstić information content (AvgIpc) is 2.59. The summed E-state index contributed by atoms with van der Waals surface area (Å²) >= 11 is 0. The zero-order valence-electron chi connectivity index (χ0n) is 15.1. The first-order valence-electron chi connectivity index (χ1n) is 8.72. The molecule has 2 rings (SSSR count). The molecule has 6 nitrogen and oxygen atoms in total. The summed E-state index contributed by atoms with van der Waals surface area (Å²) in [6.45, 7) is 19.9. The fourth-order valence-electron chi connectivity index (χ4n) is 3.17. The molecule has 6 heteroatoms. The molecule has 2 saturated heterocycles. The van der Waals surface area contributed by atoms with Crippen LogP contribution in [0.15, 0.2) is 24.3 Å². The summed E-state index contributed by atoms with van der Waals surface area (Å²) in [5.74, 6) is 0.154. The molecule has 0 unspecified atom stereocenters. The normalized spacial score (nSPS) is 20.1. The van der Waals surface area contributed by atoms with Gasteiger partial charge in [-0.25, -0.2) is 0 Å². The van der Waals surface area contributed by atoms with Crippen molar-refractivity contribution >= 4 is 11.8 Å². The molecule has 0 bridgehead atoms. The van der Waals surface area contributed by atoms with Gasteiger partial charge in [-0.2, -0.15) is 0 Å². The van der Waals surface area contributed by atoms with Crippen molar-refractivity contribution in [3.05, 3.63) is 24.3 Å². The van der Waals surface area contributed by atoms with Gasteiger partial charge in [-0.1, -0.05) is 13.2 Å².